The standard InChI is InChI=1S/C18H18FN5O2/c1-11(15-6-14(19)8-20-18(15)26-2)23-5-3-4-12-9-24-17(22-16(12)23)13(10-25)7-21-24/h6-11H,3-5H2,1-2H3. The molecule has 0 spiro atoms. The van der Waals surface area contributed by atoms with E-state index in [4.69, 9.17) is 9.72 Å². The van der Waals surface area contributed by atoms with Gasteiger partial charge in [0.05, 0.1) is 31.1 Å². The number of pyridine rings is 1. The van der Waals surface area contributed by atoms with E-state index in [2.05, 4.69) is 15.0 Å². The number of aromatic nitrogens is 4. The molecule has 1 aliphatic heterocycles. The molecule has 7 nitrogen and oxygen atoms in total. The number of anilines is 1. The van der Waals surface area contributed by atoms with E-state index in [1.54, 1.807) is 4.52 Å². The van der Waals surface area contributed by atoms with Crippen LogP contribution in [0.5, 0.6) is 5.88 Å². The molecule has 0 amide bonds. The van der Waals surface area contributed by atoms with Crippen molar-refractivity contribution in [1.29, 1.82) is 0 Å². The Labute approximate surface area is 149 Å². The van der Waals surface area contributed by atoms with Crippen molar-refractivity contribution in [3.8, 4) is 5.88 Å². The van der Waals surface area contributed by atoms with Crippen molar-refractivity contribution >= 4 is 17.8 Å². The van der Waals surface area contributed by atoms with Crippen LogP contribution in [-0.4, -0.2) is 39.5 Å². The Bertz CT molecular complexity index is 987. The van der Waals surface area contributed by atoms with Gasteiger partial charge in [0.15, 0.2) is 11.9 Å². The summed E-state index contributed by atoms with van der Waals surface area (Å²) in [5.41, 5.74) is 2.66. The molecule has 0 aliphatic carbocycles. The van der Waals surface area contributed by atoms with Gasteiger partial charge in [0.25, 0.3) is 0 Å². The summed E-state index contributed by atoms with van der Waals surface area (Å²) in [6, 6.07) is 1.25. The summed E-state index contributed by atoms with van der Waals surface area (Å²) in [7, 11) is 1.52. The maximum Gasteiger partial charge on any atom is 0.218 e. The summed E-state index contributed by atoms with van der Waals surface area (Å²) in [5.74, 6) is 0.767. The molecule has 1 atom stereocenters. The molecule has 0 N–H and O–H groups in total. The summed E-state index contributed by atoms with van der Waals surface area (Å²) in [6.45, 7) is 2.73. The van der Waals surface area contributed by atoms with Gasteiger partial charge in [0.1, 0.15) is 11.6 Å². The topological polar surface area (TPSA) is 72.6 Å². The molecule has 0 fully saturated rings. The van der Waals surface area contributed by atoms with Crippen LogP contribution < -0.4 is 9.64 Å². The SMILES string of the molecule is COc1ncc(F)cc1C(C)N1CCCc2cn3ncc(C=O)c3nc21. The van der Waals surface area contributed by atoms with E-state index in [9.17, 15) is 9.18 Å². The first-order valence-corrected chi connectivity index (χ1v) is 8.41. The molecule has 0 radical (unpaired) electrons. The first-order chi connectivity index (χ1) is 12.6. The number of carbonyl (C=O) groups is 1. The van der Waals surface area contributed by atoms with Crippen LogP contribution in [0.3, 0.4) is 0 Å². The zero-order chi connectivity index (χ0) is 18.3. The van der Waals surface area contributed by atoms with Gasteiger partial charge >= 0.3 is 0 Å². The van der Waals surface area contributed by atoms with Gasteiger partial charge in [-0.2, -0.15) is 5.10 Å². The molecular formula is C18H18FN5O2. The highest BCUT2D eigenvalue weighted by molar-refractivity contribution is 5.84. The summed E-state index contributed by atoms with van der Waals surface area (Å²) in [5, 5.41) is 4.19. The molecule has 26 heavy (non-hydrogen) atoms. The normalized spacial score (nSPS) is 15.0. The maximum absolute atomic E-state index is 13.8. The molecule has 1 aliphatic rings. The van der Waals surface area contributed by atoms with Crippen molar-refractivity contribution < 1.29 is 13.9 Å². The highest BCUT2D eigenvalue weighted by atomic mass is 19.1. The third-order valence-electron chi connectivity index (χ3n) is 4.77. The summed E-state index contributed by atoms with van der Waals surface area (Å²) in [4.78, 5) is 22.1. The minimum Gasteiger partial charge on any atom is -0.481 e. The number of fused-ring (bicyclic) bond motifs is 2. The van der Waals surface area contributed by atoms with Gasteiger partial charge in [-0.05, 0) is 25.8 Å². The quantitative estimate of drug-likeness (QED) is 0.670. The zero-order valence-corrected chi connectivity index (χ0v) is 14.5. The second-order valence-electron chi connectivity index (χ2n) is 6.30. The van der Waals surface area contributed by atoms with E-state index in [-0.39, 0.29) is 6.04 Å². The van der Waals surface area contributed by atoms with Gasteiger partial charge in [0.2, 0.25) is 5.88 Å². The van der Waals surface area contributed by atoms with E-state index in [1.165, 1.54) is 19.4 Å². The summed E-state index contributed by atoms with van der Waals surface area (Å²) >= 11 is 0. The number of halogens is 1. The third kappa shape index (κ3) is 2.58. The van der Waals surface area contributed by atoms with Gasteiger partial charge in [-0.15, -0.1) is 0 Å². The minimum atomic E-state index is -0.410. The number of hydrogen-bond donors (Lipinski definition) is 0. The van der Waals surface area contributed by atoms with Crippen LogP contribution >= 0.6 is 0 Å². The lowest BCUT2D eigenvalue weighted by Crippen LogP contribution is -2.33. The number of aryl methyl sites for hydroxylation is 1. The number of carbonyl (C=O) groups excluding carboxylic acids is 1. The van der Waals surface area contributed by atoms with Gasteiger partial charge in [-0.1, -0.05) is 0 Å². The van der Waals surface area contributed by atoms with Crippen molar-refractivity contribution in [1.82, 2.24) is 19.6 Å². The predicted molar refractivity (Wildman–Crippen MR) is 93.2 cm³/mol. The van der Waals surface area contributed by atoms with Crippen LogP contribution in [0, 0.1) is 5.82 Å². The number of hydrogen-bond acceptors (Lipinski definition) is 6. The second kappa shape index (κ2) is 6.36. The molecular weight excluding hydrogens is 337 g/mol. The Balaban J connectivity index is 1.82. The number of ether oxygens (including phenoxy) is 1. The summed E-state index contributed by atoms with van der Waals surface area (Å²) in [6.07, 6.45) is 7.12. The first-order valence-electron chi connectivity index (χ1n) is 8.41. The predicted octanol–water partition coefficient (Wildman–Crippen LogP) is 2.60. The van der Waals surface area contributed by atoms with Gasteiger partial charge in [-0.3, -0.25) is 4.79 Å². The van der Waals surface area contributed by atoms with Crippen molar-refractivity contribution in [3.05, 3.63) is 47.2 Å². The van der Waals surface area contributed by atoms with Crippen LogP contribution in [0.15, 0.2) is 24.7 Å². The van der Waals surface area contributed by atoms with E-state index in [0.29, 0.717) is 22.7 Å². The number of aldehydes is 1. The molecule has 1 unspecified atom stereocenters. The van der Waals surface area contributed by atoms with E-state index >= 15 is 0 Å². The Morgan fingerprint density at radius 1 is 1.38 bits per heavy atom. The fourth-order valence-corrected chi connectivity index (χ4v) is 3.47. The minimum absolute atomic E-state index is 0.190. The van der Waals surface area contributed by atoms with Crippen LogP contribution in [0.1, 0.15) is 40.9 Å². The first kappa shape index (κ1) is 16.4. The third-order valence-corrected chi connectivity index (χ3v) is 4.77. The molecule has 0 saturated heterocycles. The smallest absolute Gasteiger partial charge is 0.218 e. The molecule has 4 rings (SSSR count). The van der Waals surface area contributed by atoms with E-state index in [1.807, 2.05) is 13.1 Å². The molecule has 0 saturated carbocycles. The van der Waals surface area contributed by atoms with Gasteiger partial charge in [-0.25, -0.2) is 18.9 Å². The molecule has 134 valence electrons. The van der Waals surface area contributed by atoms with Crippen LogP contribution in [0.25, 0.3) is 5.65 Å². The Hall–Kier alpha value is -3.03. The lowest BCUT2D eigenvalue weighted by Gasteiger charge is -2.35. The van der Waals surface area contributed by atoms with Crippen LogP contribution in [0.4, 0.5) is 10.2 Å². The molecule has 0 aromatic carbocycles. The summed E-state index contributed by atoms with van der Waals surface area (Å²) < 4.78 is 20.7. The van der Waals surface area contributed by atoms with E-state index in [0.717, 1.165) is 43.3 Å². The average molecular weight is 355 g/mol. The Morgan fingerprint density at radius 3 is 3.00 bits per heavy atom. The zero-order valence-electron chi connectivity index (χ0n) is 14.5. The van der Waals surface area contributed by atoms with E-state index < -0.39 is 5.82 Å². The molecule has 3 aromatic heterocycles. The van der Waals surface area contributed by atoms with Crippen LogP contribution in [0.2, 0.25) is 0 Å². The molecule has 3 aromatic rings. The highest BCUT2D eigenvalue weighted by Gasteiger charge is 2.27. The average Bonchev–Trinajstić information content (AvgIpc) is 3.07. The molecule has 4 heterocycles. The van der Waals surface area contributed by atoms with Gasteiger partial charge in [0, 0.05) is 23.9 Å². The largest absolute Gasteiger partial charge is 0.481 e. The van der Waals surface area contributed by atoms with Crippen LogP contribution in [-0.2, 0) is 6.42 Å². The Kier molecular flexibility index (Phi) is 4.02. The van der Waals surface area contributed by atoms with Crippen molar-refractivity contribution in [2.24, 2.45) is 0 Å². The van der Waals surface area contributed by atoms with Crippen molar-refractivity contribution in [2.45, 2.75) is 25.8 Å². The Morgan fingerprint density at radius 2 is 2.23 bits per heavy atom. The van der Waals surface area contributed by atoms with Crippen molar-refractivity contribution in [3.63, 3.8) is 0 Å². The van der Waals surface area contributed by atoms with Gasteiger partial charge < -0.3 is 9.64 Å². The number of rotatable bonds is 4. The number of methoxy groups -OCH3 is 1. The highest BCUT2D eigenvalue weighted by Crippen LogP contribution is 2.35. The fraction of sp³-hybridized carbons (Fsp3) is 0.333. The molecule has 0 bridgehead atoms. The number of nitrogens with zero attached hydrogens (tertiary/aromatic N) is 5. The monoisotopic (exact) mass is 355 g/mol. The molecule has 8 heteroatoms. The maximum atomic E-state index is 13.8. The second-order valence-corrected chi connectivity index (χ2v) is 6.30. The fourth-order valence-electron chi connectivity index (χ4n) is 3.47. The lowest BCUT2D eigenvalue weighted by atomic mass is 10.0. The van der Waals surface area contributed by atoms with Crippen molar-refractivity contribution in [2.75, 3.05) is 18.6 Å². The lowest BCUT2D eigenvalue weighted by molar-refractivity contribution is 0.112.